The van der Waals surface area contributed by atoms with Crippen LogP contribution in [0.25, 0.3) is 6.08 Å². The molecule has 0 aliphatic carbocycles. The summed E-state index contributed by atoms with van der Waals surface area (Å²) in [4.78, 5) is 3.10. The Morgan fingerprint density at radius 2 is 1.88 bits per heavy atom. The van der Waals surface area contributed by atoms with Crippen molar-refractivity contribution in [1.82, 2.24) is 4.90 Å². The van der Waals surface area contributed by atoms with Crippen LogP contribution in [0.2, 0.25) is 0 Å². The second-order valence-electron chi connectivity index (χ2n) is 4.28. The number of thiocarbonyl (C=S) groups is 1. The SMILES string of the molecule is Oc1ccccc1/C=C/C(=S)N1CCCCC1. The normalized spacial score (nSPS) is 16.4. The fraction of sp³-hybridized carbons (Fsp3) is 0.357. The maximum absolute atomic E-state index is 9.63. The summed E-state index contributed by atoms with van der Waals surface area (Å²) in [5, 5.41) is 9.63. The van der Waals surface area contributed by atoms with E-state index in [4.69, 9.17) is 12.2 Å². The third-order valence-electron chi connectivity index (χ3n) is 3.01. The molecule has 0 amide bonds. The number of nitrogens with zero attached hydrogens (tertiary/aromatic N) is 1. The molecule has 0 saturated carbocycles. The first kappa shape index (κ1) is 12.1. The minimum absolute atomic E-state index is 0.296. The zero-order valence-electron chi connectivity index (χ0n) is 9.80. The summed E-state index contributed by atoms with van der Waals surface area (Å²) in [6, 6.07) is 7.28. The van der Waals surface area contributed by atoms with Gasteiger partial charge in [-0.15, -0.1) is 0 Å². The maximum atomic E-state index is 9.63. The molecule has 1 aliphatic heterocycles. The topological polar surface area (TPSA) is 23.5 Å². The molecule has 2 nitrogen and oxygen atoms in total. The van der Waals surface area contributed by atoms with E-state index in [2.05, 4.69) is 4.90 Å². The largest absolute Gasteiger partial charge is 0.507 e. The Morgan fingerprint density at radius 1 is 1.18 bits per heavy atom. The number of piperidine rings is 1. The van der Waals surface area contributed by atoms with E-state index in [-0.39, 0.29) is 0 Å². The van der Waals surface area contributed by atoms with Crippen molar-refractivity contribution < 1.29 is 5.11 Å². The third kappa shape index (κ3) is 3.30. The Morgan fingerprint density at radius 3 is 2.59 bits per heavy atom. The number of benzene rings is 1. The van der Waals surface area contributed by atoms with Gasteiger partial charge in [0.15, 0.2) is 0 Å². The maximum Gasteiger partial charge on any atom is 0.122 e. The lowest BCUT2D eigenvalue weighted by atomic mass is 10.1. The van der Waals surface area contributed by atoms with Crippen LogP contribution >= 0.6 is 12.2 Å². The molecule has 0 spiro atoms. The van der Waals surface area contributed by atoms with Gasteiger partial charge < -0.3 is 10.0 Å². The molecule has 1 aliphatic rings. The van der Waals surface area contributed by atoms with Crippen LogP contribution in [0, 0.1) is 0 Å². The highest BCUT2D eigenvalue weighted by Gasteiger charge is 2.10. The summed E-state index contributed by atoms with van der Waals surface area (Å²) in [5.74, 6) is 0.296. The Labute approximate surface area is 108 Å². The van der Waals surface area contributed by atoms with Crippen molar-refractivity contribution in [3.63, 3.8) is 0 Å². The fourth-order valence-corrected chi connectivity index (χ4v) is 2.26. The molecule has 0 radical (unpaired) electrons. The van der Waals surface area contributed by atoms with Crippen molar-refractivity contribution >= 4 is 23.3 Å². The van der Waals surface area contributed by atoms with Gasteiger partial charge in [0.25, 0.3) is 0 Å². The minimum atomic E-state index is 0.296. The van der Waals surface area contributed by atoms with Crippen LogP contribution < -0.4 is 0 Å². The van der Waals surface area contributed by atoms with Crippen LogP contribution in [0.1, 0.15) is 24.8 Å². The second-order valence-corrected chi connectivity index (χ2v) is 4.70. The van der Waals surface area contributed by atoms with Crippen LogP contribution in [-0.2, 0) is 0 Å². The first-order valence-electron chi connectivity index (χ1n) is 6.02. The van der Waals surface area contributed by atoms with E-state index in [1.807, 2.05) is 30.4 Å². The van der Waals surface area contributed by atoms with E-state index in [0.29, 0.717) is 5.75 Å². The van der Waals surface area contributed by atoms with Gasteiger partial charge in [0.05, 0.1) is 0 Å². The molecule has 1 heterocycles. The second kappa shape index (κ2) is 5.82. The van der Waals surface area contributed by atoms with Crippen molar-refractivity contribution in [3.05, 3.63) is 35.9 Å². The molecule has 1 fully saturated rings. The summed E-state index contributed by atoms with van der Waals surface area (Å²) in [5.41, 5.74) is 0.812. The highest BCUT2D eigenvalue weighted by atomic mass is 32.1. The molecule has 17 heavy (non-hydrogen) atoms. The predicted octanol–water partition coefficient (Wildman–Crippen LogP) is 3.22. The lowest BCUT2D eigenvalue weighted by Gasteiger charge is -2.27. The summed E-state index contributed by atoms with van der Waals surface area (Å²) in [6.45, 7) is 2.12. The van der Waals surface area contributed by atoms with E-state index in [0.717, 1.165) is 23.6 Å². The Bertz CT molecular complexity index is 422. The number of phenolic OH excluding ortho intramolecular Hbond substituents is 1. The van der Waals surface area contributed by atoms with Crippen LogP contribution in [0.4, 0.5) is 0 Å². The average Bonchev–Trinajstić information content (AvgIpc) is 2.38. The van der Waals surface area contributed by atoms with Gasteiger partial charge in [-0.05, 0) is 37.5 Å². The number of aromatic hydroxyl groups is 1. The zero-order chi connectivity index (χ0) is 12.1. The quantitative estimate of drug-likeness (QED) is 0.641. The van der Waals surface area contributed by atoms with Crippen molar-refractivity contribution in [2.75, 3.05) is 13.1 Å². The predicted molar refractivity (Wildman–Crippen MR) is 75.2 cm³/mol. The molecule has 1 aromatic carbocycles. The van der Waals surface area contributed by atoms with E-state index in [1.165, 1.54) is 19.3 Å². The van der Waals surface area contributed by atoms with Crippen LogP contribution in [0.3, 0.4) is 0 Å². The number of hydrogen-bond donors (Lipinski definition) is 1. The molecule has 0 bridgehead atoms. The van der Waals surface area contributed by atoms with E-state index in [1.54, 1.807) is 6.07 Å². The molecule has 1 saturated heterocycles. The van der Waals surface area contributed by atoms with Gasteiger partial charge in [-0.3, -0.25) is 0 Å². The Hall–Kier alpha value is -1.35. The van der Waals surface area contributed by atoms with Gasteiger partial charge in [-0.2, -0.15) is 0 Å². The smallest absolute Gasteiger partial charge is 0.122 e. The molecule has 0 aromatic heterocycles. The zero-order valence-corrected chi connectivity index (χ0v) is 10.6. The highest BCUT2D eigenvalue weighted by molar-refractivity contribution is 7.80. The lowest BCUT2D eigenvalue weighted by molar-refractivity contribution is 0.348. The van der Waals surface area contributed by atoms with Gasteiger partial charge in [0.2, 0.25) is 0 Å². The molecule has 3 heteroatoms. The number of likely N-dealkylation sites (tertiary alicyclic amines) is 1. The Balaban J connectivity index is 2.00. The summed E-state index contributed by atoms with van der Waals surface area (Å²) in [7, 11) is 0. The van der Waals surface area contributed by atoms with Gasteiger partial charge >= 0.3 is 0 Å². The summed E-state index contributed by atoms with van der Waals surface area (Å²) < 4.78 is 0. The Kier molecular flexibility index (Phi) is 4.15. The van der Waals surface area contributed by atoms with Crippen molar-refractivity contribution in [2.45, 2.75) is 19.3 Å². The van der Waals surface area contributed by atoms with Crippen molar-refractivity contribution in [3.8, 4) is 5.75 Å². The van der Waals surface area contributed by atoms with E-state index >= 15 is 0 Å². The lowest BCUT2D eigenvalue weighted by Crippen LogP contribution is -2.33. The van der Waals surface area contributed by atoms with Gasteiger partial charge in [-0.1, -0.05) is 30.4 Å². The third-order valence-corrected chi connectivity index (χ3v) is 3.40. The van der Waals surface area contributed by atoms with Crippen molar-refractivity contribution in [1.29, 1.82) is 0 Å². The summed E-state index contributed by atoms with van der Waals surface area (Å²) >= 11 is 5.37. The number of para-hydroxylation sites is 1. The van der Waals surface area contributed by atoms with Crippen molar-refractivity contribution in [2.24, 2.45) is 0 Å². The molecule has 90 valence electrons. The van der Waals surface area contributed by atoms with Crippen LogP contribution in [0.15, 0.2) is 30.3 Å². The summed E-state index contributed by atoms with van der Waals surface area (Å²) in [6.07, 6.45) is 7.55. The molecule has 0 unspecified atom stereocenters. The van der Waals surface area contributed by atoms with Gasteiger partial charge in [-0.25, -0.2) is 0 Å². The molecule has 2 rings (SSSR count). The molecule has 0 atom stereocenters. The van der Waals surface area contributed by atoms with E-state index < -0.39 is 0 Å². The number of phenols is 1. The molecule has 1 aromatic rings. The standard InChI is InChI=1S/C14H17NOS/c16-13-7-3-2-6-12(13)8-9-14(17)15-10-4-1-5-11-15/h2-3,6-9,16H,1,4-5,10-11H2/b9-8+. The first-order chi connectivity index (χ1) is 8.27. The van der Waals surface area contributed by atoms with Gasteiger partial charge in [0, 0.05) is 18.7 Å². The fourth-order valence-electron chi connectivity index (χ4n) is 2.01. The molecular formula is C14H17NOS. The van der Waals surface area contributed by atoms with E-state index in [9.17, 15) is 5.11 Å². The number of hydrogen-bond acceptors (Lipinski definition) is 2. The highest BCUT2D eigenvalue weighted by Crippen LogP contribution is 2.17. The van der Waals surface area contributed by atoms with Gasteiger partial charge in [0.1, 0.15) is 10.7 Å². The average molecular weight is 247 g/mol. The number of rotatable bonds is 2. The van der Waals surface area contributed by atoms with Crippen LogP contribution in [-0.4, -0.2) is 28.1 Å². The minimum Gasteiger partial charge on any atom is -0.507 e. The monoisotopic (exact) mass is 247 g/mol. The van der Waals surface area contributed by atoms with Crippen LogP contribution in [0.5, 0.6) is 5.75 Å². The molecule has 1 N–H and O–H groups in total. The molecular weight excluding hydrogens is 230 g/mol. The first-order valence-corrected chi connectivity index (χ1v) is 6.43.